The van der Waals surface area contributed by atoms with Crippen LogP contribution in [-0.4, -0.2) is 4.98 Å². The molecular weight excluding hydrogens is 418 g/mol. The van der Waals surface area contributed by atoms with E-state index in [4.69, 9.17) is 4.98 Å². The predicted molar refractivity (Wildman–Crippen MR) is 148 cm³/mol. The van der Waals surface area contributed by atoms with Crippen molar-refractivity contribution >= 4 is 45.2 Å². The summed E-state index contributed by atoms with van der Waals surface area (Å²) in [5, 5.41) is 4.77. The zero-order valence-corrected chi connectivity index (χ0v) is 21.4. The molecule has 0 fully saturated rings. The first kappa shape index (κ1) is 23.3. The molecule has 0 bridgehead atoms. The van der Waals surface area contributed by atoms with Crippen molar-refractivity contribution in [1.82, 2.24) is 4.98 Å². The van der Waals surface area contributed by atoms with Gasteiger partial charge in [-0.25, -0.2) is 4.98 Å². The summed E-state index contributed by atoms with van der Waals surface area (Å²) in [4.78, 5) is 5.96. The number of hydrogen-bond acceptors (Lipinski definition) is 2. The highest BCUT2D eigenvalue weighted by atomic mass is 32.1. The Bertz CT molecular complexity index is 1410. The Kier molecular flexibility index (Phi) is 6.24. The minimum Gasteiger partial charge on any atom is -0.247 e. The van der Waals surface area contributed by atoms with Crippen LogP contribution in [0.4, 0.5) is 0 Å². The molecule has 1 nitrogen and oxygen atoms in total. The quantitative estimate of drug-likeness (QED) is 0.152. The van der Waals surface area contributed by atoms with E-state index in [2.05, 4.69) is 121 Å². The van der Waals surface area contributed by atoms with Crippen molar-refractivity contribution in [3.63, 3.8) is 0 Å². The Morgan fingerprint density at radius 3 is 1.79 bits per heavy atom. The number of rotatable bonds is 1. The fourth-order valence-corrected chi connectivity index (χ4v) is 3.71. The standard InChI is InChI=1S/C23H15NS.C8H18/c25-17-12-9-16(10-13-17)22-19-7-3-4-8-21(19)24-23-18-6-2-1-5-15(18)11-14-20(22)23;1-7(2,3)8(4,5)6/h1-14,25H;1-6H3. The molecule has 0 spiro atoms. The van der Waals surface area contributed by atoms with Crippen LogP contribution >= 0.6 is 12.6 Å². The summed E-state index contributed by atoms with van der Waals surface area (Å²) < 4.78 is 0. The van der Waals surface area contributed by atoms with Crippen molar-refractivity contribution in [1.29, 1.82) is 0 Å². The summed E-state index contributed by atoms with van der Waals surface area (Å²) in [6, 6.07) is 29.6. The lowest BCUT2D eigenvalue weighted by molar-refractivity contribution is 0.157. The van der Waals surface area contributed by atoms with Gasteiger partial charge in [0.15, 0.2) is 0 Å². The highest BCUT2D eigenvalue weighted by Crippen LogP contribution is 2.38. The zero-order valence-electron chi connectivity index (χ0n) is 20.5. The van der Waals surface area contributed by atoms with Gasteiger partial charge in [0.1, 0.15) is 0 Å². The number of aromatic nitrogens is 1. The van der Waals surface area contributed by atoms with Gasteiger partial charge in [0.05, 0.1) is 11.0 Å². The van der Waals surface area contributed by atoms with Crippen molar-refractivity contribution in [2.24, 2.45) is 10.8 Å². The second-order valence-corrected chi connectivity index (χ2v) is 11.3. The number of para-hydroxylation sites is 1. The minimum atomic E-state index is 0.437. The van der Waals surface area contributed by atoms with Gasteiger partial charge in [-0.3, -0.25) is 0 Å². The maximum atomic E-state index is 4.99. The summed E-state index contributed by atoms with van der Waals surface area (Å²) in [5.74, 6) is 0. The van der Waals surface area contributed by atoms with Crippen LogP contribution in [0.3, 0.4) is 0 Å². The lowest BCUT2D eigenvalue weighted by Crippen LogP contribution is -2.25. The Morgan fingerprint density at radius 1 is 0.576 bits per heavy atom. The molecule has 2 heteroatoms. The van der Waals surface area contributed by atoms with Crippen LogP contribution < -0.4 is 0 Å². The molecule has 33 heavy (non-hydrogen) atoms. The number of fused-ring (bicyclic) bond motifs is 4. The van der Waals surface area contributed by atoms with E-state index < -0.39 is 0 Å². The van der Waals surface area contributed by atoms with E-state index in [0.717, 1.165) is 15.9 Å². The summed E-state index contributed by atoms with van der Waals surface area (Å²) in [5.41, 5.74) is 5.38. The lowest BCUT2D eigenvalue weighted by Gasteiger charge is -2.34. The molecule has 4 aromatic carbocycles. The summed E-state index contributed by atoms with van der Waals surface area (Å²) >= 11 is 4.43. The van der Waals surface area contributed by atoms with Crippen molar-refractivity contribution in [2.45, 2.75) is 46.4 Å². The van der Waals surface area contributed by atoms with Crippen molar-refractivity contribution in [2.75, 3.05) is 0 Å². The van der Waals surface area contributed by atoms with Crippen LogP contribution in [0.2, 0.25) is 0 Å². The normalized spacial score (nSPS) is 12.1. The first-order valence-corrected chi connectivity index (χ1v) is 12.0. The Balaban J connectivity index is 0.000000281. The van der Waals surface area contributed by atoms with Gasteiger partial charge in [0.25, 0.3) is 0 Å². The number of pyridine rings is 1. The molecule has 5 rings (SSSR count). The summed E-state index contributed by atoms with van der Waals surface area (Å²) in [6.45, 7) is 13.6. The van der Waals surface area contributed by atoms with Gasteiger partial charge >= 0.3 is 0 Å². The maximum absolute atomic E-state index is 4.99. The molecule has 0 saturated carbocycles. The fraction of sp³-hybridized carbons (Fsp3) is 0.258. The van der Waals surface area contributed by atoms with Crippen molar-refractivity contribution < 1.29 is 0 Å². The molecule has 0 aliphatic carbocycles. The highest BCUT2D eigenvalue weighted by molar-refractivity contribution is 7.80. The van der Waals surface area contributed by atoms with E-state index in [1.54, 1.807) is 0 Å². The smallest absolute Gasteiger partial charge is 0.0794 e. The molecule has 0 aliphatic rings. The second kappa shape index (κ2) is 8.83. The van der Waals surface area contributed by atoms with Gasteiger partial charge in [-0.15, -0.1) is 12.6 Å². The van der Waals surface area contributed by atoms with E-state index >= 15 is 0 Å². The van der Waals surface area contributed by atoms with Gasteiger partial charge in [0, 0.05) is 26.6 Å². The molecular formula is C31H33NS. The molecule has 0 N–H and O–H groups in total. The average molecular weight is 452 g/mol. The van der Waals surface area contributed by atoms with Crippen LogP contribution in [0.1, 0.15) is 41.5 Å². The predicted octanol–water partition coefficient (Wildman–Crippen LogP) is 9.58. The number of thiol groups is 1. The van der Waals surface area contributed by atoms with Crippen molar-refractivity contribution in [3.05, 3.63) is 84.9 Å². The minimum absolute atomic E-state index is 0.437. The molecule has 0 saturated heterocycles. The van der Waals surface area contributed by atoms with Gasteiger partial charge in [-0.2, -0.15) is 0 Å². The SMILES string of the molecule is CC(C)(C)C(C)(C)C.Sc1ccc(-c2c3ccccc3nc3c2ccc2ccccc23)cc1. The van der Waals surface area contributed by atoms with Gasteiger partial charge in [-0.05, 0) is 40.0 Å². The number of hydrogen-bond donors (Lipinski definition) is 1. The molecule has 168 valence electrons. The van der Waals surface area contributed by atoms with Crippen LogP contribution in [0.25, 0.3) is 43.7 Å². The third kappa shape index (κ3) is 4.77. The Labute approximate surface area is 203 Å². The Morgan fingerprint density at radius 2 is 1.15 bits per heavy atom. The number of nitrogens with zero attached hydrogens (tertiary/aromatic N) is 1. The average Bonchev–Trinajstić information content (AvgIpc) is 2.77. The highest BCUT2D eigenvalue weighted by Gasteiger charge is 2.26. The first-order chi connectivity index (χ1) is 15.6. The van der Waals surface area contributed by atoms with Crippen LogP contribution in [-0.2, 0) is 0 Å². The van der Waals surface area contributed by atoms with Crippen LogP contribution in [0.15, 0.2) is 89.8 Å². The molecule has 1 heterocycles. The van der Waals surface area contributed by atoms with Crippen LogP contribution in [0.5, 0.6) is 0 Å². The Hall–Kier alpha value is -2.84. The van der Waals surface area contributed by atoms with E-state index in [1.165, 1.54) is 32.7 Å². The van der Waals surface area contributed by atoms with E-state index in [9.17, 15) is 0 Å². The van der Waals surface area contributed by atoms with Gasteiger partial charge in [0.2, 0.25) is 0 Å². The topological polar surface area (TPSA) is 12.9 Å². The fourth-order valence-electron chi connectivity index (χ4n) is 3.56. The number of benzene rings is 4. The molecule has 0 amide bonds. The van der Waals surface area contributed by atoms with E-state index in [1.807, 2.05) is 18.2 Å². The third-order valence-electron chi connectivity index (χ3n) is 6.98. The lowest BCUT2D eigenvalue weighted by atomic mass is 9.71. The van der Waals surface area contributed by atoms with E-state index in [-0.39, 0.29) is 0 Å². The van der Waals surface area contributed by atoms with Gasteiger partial charge in [-0.1, -0.05) is 108 Å². The van der Waals surface area contributed by atoms with Crippen LogP contribution in [0, 0.1) is 10.8 Å². The molecule has 0 radical (unpaired) electrons. The van der Waals surface area contributed by atoms with E-state index in [0.29, 0.717) is 10.8 Å². The molecule has 0 unspecified atom stereocenters. The molecule has 5 aromatic rings. The summed E-state index contributed by atoms with van der Waals surface area (Å²) in [7, 11) is 0. The molecule has 0 aliphatic heterocycles. The van der Waals surface area contributed by atoms with Crippen molar-refractivity contribution in [3.8, 4) is 11.1 Å². The van der Waals surface area contributed by atoms with Gasteiger partial charge < -0.3 is 0 Å². The third-order valence-corrected chi connectivity index (χ3v) is 7.28. The second-order valence-electron chi connectivity index (χ2n) is 10.7. The first-order valence-electron chi connectivity index (χ1n) is 11.6. The largest absolute Gasteiger partial charge is 0.247 e. The molecule has 0 atom stereocenters. The molecule has 1 aromatic heterocycles. The zero-order chi connectivity index (χ0) is 23.8. The maximum Gasteiger partial charge on any atom is 0.0794 e. The summed E-state index contributed by atoms with van der Waals surface area (Å²) in [6.07, 6.45) is 0. The monoisotopic (exact) mass is 451 g/mol.